The average Bonchev–Trinajstić information content (AvgIpc) is 3.30. The molecule has 10 heteroatoms. The number of benzene rings is 1. The van der Waals surface area contributed by atoms with Gasteiger partial charge in [0.2, 0.25) is 11.3 Å². The Balaban J connectivity index is 2.08. The Kier molecular flexibility index (Phi) is 6.99. The monoisotopic (exact) mass is 473 g/mol. The Morgan fingerprint density at radius 2 is 2.09 bits per heavy atom. The van der Waals surface area contributed by atoms with Crippen molar-refractivity contribution < 1.29 is 18.9 Å². The largest absolute Gasteiger partial charge is 0.548 e. The van der Waals surface area contributed by atoms with E-state index < -0.39 is 11.1 Å². The lowest BCUT2D eigenvalue weighted by molar-refractivity contribution is 0.0822. The van der Waals surface area contributed by atoms with Gasteiger partial charge in [-0.15, -0.1) is 4.37 Å². The molecular weight excluding hydrogens is 442 g/mol. The number of carbonyl (C=O) groups is 1. The van der Waals surface area contributed by atoms with Gasteiger partial charge in [0.05, 0.1) is 17.5 Å². The summed E-state index contributed by atoms with van der Waals surface area (Å²) in [4.78, 5) is 19.0. The first-order chi connectivity index (χ1) is 15.4. The van der Waals surface area contributed by atoms with Gasteiger partial charge in [-0.2, -0.15) is 0 Å². The van der Waals surface area contributed by atoms with Gasteiger partial charge in [0.1, 0.15) is 11.8 Å². The van der Waals surface area contributed by atoms with Gasteiger partial charge in [-0.25, -0.2) is 4.99 Å². The van der Waals surface area contributed by atoms with E-state index in [-0.39, 0.29) is 45.7 Å². The second-order valence-corrected chi connectivity index (χ2v) is 10.1. The quantitative estimate of drug-likeness (QED) is 0.356. The molecule has 3 aromatic rings. The molecule has 2 heterocycles. The van der Waals surface area contributed by atoms with Crippen LogP contribution in [0, 0.1) is 6.92 Å². The highest BCUT2D eigenvalue weighted by atomic mass is 32.2. The molecule has 9 nitrogen and oxygen atoms in total. The number of phenols is 1. The summed E-state index contributed by atoms with van der Waals surface area (Å²) in [6.07, 6.45) is 2.31. The van der Waals surface area contributed by atoms with Crippen LogP contribution < -0.4 is 10.8 Å². The number of aromatic nitrogens is 2. The summed E-state index contributed by atoms with van der Waals surface area (Å²) >= 11 is -1.72. The van der Waals surface area contributed by atoms with Crippen LogP contribution in [0.5, 0.6) is 5.75 Å². The van der Waals surface area contributed by atoms with Gasteiger partial charge < -0.3 is 24.3 Å². The van der Waals surface area contributed by atoms with Crippen molar-refractivity contribution in [2.24, 2.45) is 4.99 Å². The number of hydrogen-bond acceptors (Lipinski definition) is 7. The fourth-order valence-electron chi connectivity index (χ4n) is 3.47. The van der Waals surface area contributed by atoms with Gasteiger partial charge in [0.25, 0.3) is 5.91 Å². The molecule has 1 aromatic carbocycles. The number of nitrogens with one attached hydrogen (secondary N) is 2. The first-order valence-corrected chi connectivity index (χ1v) is 11.8. The summed E-state index contributed by atoms with van der Waals surface area (Å²) < 4.78 is 24.5. The number of carbonyl (C=O) groups excluding carboxylic acids is 1. The van der Waals surface area contributed by atoms with Gasteiger partial charge >= 0.3 is 0 Å². The molecule has 0 bridgehead atoms. The third-order valence-electron chi connectivity index (χ3n) is 5.19. The Morgan fingerprint density at radius 3 is 2.64 bits per heavy atom. The maximum Gasteiger partial charge on any atom is 0.257 e. The van der Waals surface area contributed by atoms with Crippen LogP contribution >= 0.6 is 11.1 Å². The molecule has 33 heavy (non-hydrogen) atoms. The number of nitrogens with zero attached hydrogens (tertiary/aromatic N) is 3. The fraction of sp³-hybridized carbons (Fsp3) is 0.435. The number of H-pyrrole nitrogens is 1. The molecule has 0 saturated carbocycles. The van der Waals surface area contributed by atoms with E-state index in [0.717, 1.165) is 5.56 Å². The van der Waals surface area contributed by atoms with Gasteiger partial charge in [-0.1, -0.05) is 33.8 Å². The predicted molar refractivity (Wildman–Crippen MR) is 127 cm³/mol. The zero-order valence-corrected chi connectivity index (χ0v) is 20.8. The lowest BCUT2D eigenvalue weighted by atomic mass is 9.82. The van der Waals surface area contributed by atoms with E-state index in [9.17, 15) is 14.5 Å². The van der Waals surface area contributed by atoms with Crippen LogP contribution in [0.4, 0.5) is 11.5 Å². The van der Waals surface area contributed by atoms with E-state index in [1.165, 1.54) is 4.90 Å². The topological polar surface area (TPSA) is 130 Å². The summed E-state index contributed by atoms with van der Waals surface area (Å²) in [7, 11) is 3.27. The number of phenolic OH excluding ortho intramolecular Hbond substituents is 1. The van der Waals surface area contributed by atoms with Crippen molar-refractivity contribution in [3.63, 3.8) is 0 Å². The van der Waals surface area contributed by atoms with Crippen LogP contribution in [0.3, 0.4) is 0 Å². The third-order valence-corrected chi connectivity index (χ3v) is 5.91. The molecule has 0 radical (unpaired) electrons. The van der Waals surface area contributed by atoms with Crippen LogP contribution in [0.15, 0.2) is 33.9 Å². The second-order valence-electron chi connectivity index (χ2n) is 9.18. The molecule has 178 valence electrons. The fourth-order valence-corrected chi connectivity index (χ4v) is 4.13. The van der Waals surface area contributed by atoms with E-state index in [1.807, 2.05) is 40.7 Å². The van der Waals surface area contributed by atoms with Crippen molar-refractivity contribution in [3.05, 3.63) is 52.4 Å². The molecule has 0 aliphatic heterocycles. The first-order valence-electron chi connectivity index (χ1n) is 10.7. The smallest absolute Gasteiger partial charge is 0.257 e. The molecule has 0 fully saturated rings. The second kappa shape index (κ2) is 9.40. The number of aromatic hydroxyl groups is 1. The van der Waals surface area contributed by atoms with Crippen molar-refractivity contribution in [1.82, 2.24) is 13.6 Å². The number of rotatable bonds is 6. The van der Waals surface area contributed by atoms with Crippen LogP contribution in [-0.4, -0.2) is 43.3 Å². The van der Waals surface area contributed by atoms with Gasteiger partial charge in [-0.05, 0) is 42.0 Å². The van der Waals surface area contributed by atoms with Crippen LogP contribution in [0.1, 0.15) is 67.4 Å². The number of aryl methyl sites for hydroxylation is 1. The zero-order chi connectivity index (χ0) is 24.5. The van der Waals surface area contributed by atoms with Crippen molar-refractivity contribution in [2.75, 3.05) is 19.4 Å². The highest BCUT2D eigenvalue weighted by molar-refractivity contribution is 7.13. The van der Waals surface area contributed by atoms with E-state index in [1.54, 1.807) is 32.5 Å². The number of anilines is 2. The predicted octanol–water partition coefficient (Wildman–Crippen LogP) is 4.54. The van der Waals surface area contributed by atoms with Crippen LogP contribution in [0.25, 0.3) is 0 Å². The van der Waals surface area contributed by atoms with E-state index in [4.69, 9.17) is 4.42 Å². The summed E-state index contributed by atoms with van der Waals surface area (Å²) in [5.41, 5.74) is 2.10. The Hall–Kier alpha value is -3.11. The van der Waals surface area contributed by atoms with E-state index in [0.29, 0.717) is 17.7 Å². The lowest BCUT2D eigenvalue weighted by Crippen LogP contribution is -2.26. The molecule has 2 atom stereocenters. The SMILES string of the molecule is CC[C@@H](N=c1[nH][s+]([O-])nc1Nc1ccc(C(C)(C)C)c(C(=O)N(C)C)c1O)c1cc(C)co1. The number of furan rings is 1. The number of aromatic amines is 1. The van der Waals surface area contributed by atoms with Crippen LogP contribution in [-0.2, 0) is 5.41 Å². The highest BCUT2D eigenvalue weighted by Crippen LogP contribution is 2.38. The minimum Gasteiger partial charge on any atom is -0.548 e. The molecule has 1 amide bonds. The molecule has 0 saturated heterocycles. The van der Waals surface area contributed by atoms with Crippen molar-refractivity contribution in [2.45, 2.75) is 52.5 Å². The van der Waals surface area contributed by atoms with Crippen LogP contribution in [0.2, 0.25) is 0 Å². The Bertz CT molecular complexity index is 1220. The molecule has 3 N–H and O–H groups in total. The lowest BCUT2D eigenvalue weighted by Gasteiger charge is -2.25. The maximum atomic E-state index is 12.9. The standard InChI is InChI=1S/C23H31N5O4S/c1-8-15(17-11-13(2)12-32-17)24-20-21(27-33(31)26-20)25-16-10-9-14(23(3,4)5)18(19(16)29)22(30)28(6)7/h9-12,15,29H,8H2,1-7H3,(H,24,26)(H,25,27)/t15-,33?/m1/s1. The molecule has 2 aromatic heterocycles. The molecule has 1 unspecified atom stereocenters. The average molecular weight is 474 g/mol. The molecular formula is C23H31N5O4S. The summed E-state index contributed by atoms with van der Waals surface area (Å²) in [5.74, 6) is 0.383. The third kappa shape index (κ3) is 5.28. The van der Waals surface area contributed by atoms with Gasteiger partial charge in [0, 0.05) is 18.5 Å². The Labute approximate surface area is 196 Å². The summed E-state index contributed by atoms with van der Waals surface area (Å²) in [6.45, 7) is 9.82. The molecule has 0 spiro atoms. The van der Waals surface area contributed by atoms with Crippen molar-refractivity contribution >= 4 is 28.6 Å². The molecule has 0 aliphatic rings. The summed E-state index contributed by atoms with van der Waals surface area (Å²) in [6, 6.07) is 5.09. The highest BCUT2D eigenvalue weighted by Gasteiger charge is 2.28. The Morgan fingerprint density at radius 1 is 1.39 bits per heavy atom. The van der Waals surface area contributed by atoms with E-state index in [2.05, 4.69) is 19.1 Å². The first kappa shape index (κ1) is 24.5. The molecule has 3 rings (SSSR count). The maximum absolute atomic E-state index is 12.9. The van der Waals surface area contributed by atoms with Crippen molar-refractivity contribution in [3.8, 4) is 5.75 Å². The zero-order valence-electron chi connectivity index (χ0n) is 20.0. The van der Waals surface area contributed by atoms with Gasteiger partial charge in [0.15, 0.2) is 16.9 Å². The number of amides is 1. The minimum atomic E-state index is -1.72. The minimum absolute atomic E-state index is 0.199. The van der Waals surface area contributed by atoms with E-state index >= 15 is 0 Å². The van der Waals surface area contributed by atoms with Crippen molar-refractivity contribution in [1.29, 1.82) is 0 Å². The number of hydrogen-bond donors (Lipinski definition) is 3. The van der Waals surface area contributed by atoms with Gasteiger partial charge in [-0.3, -0.25) is 4.79 Å². The molecule has 0 aliphatic carbocycles. The summed E-state index contributed by atoms with van der Waals surface area (Å²) in [5, 5.41) is 14.1. The normalized spacial score (nSPS) is 13.8.